The Kier molecular flexibility index (Phi) is 7.48. The van der Waals surface area contributed by atoms with Crippen molar-refractivity contribution in [2.75, 3.05) is 31.6 Å². The SMILES string of the molecule is CN(C(=O)C1CCS(=O)(=O)CC1)[C@@H](C1CCC(N2CCC3(CC3)C3C2CNC2CC(Cl)NN23)CC1)C(F)(F)F. The van der Waals surface area contributed by atoms with Crippen LogP contribution in [-0.2, 0) is 14.6 Å². The number of rotatable bonds is 4. The summed E-state index contributed by atoms with van der Waals surface area (Å²) in [4.78, 5) is 16.5. The number of amides is 1. The molecule has 222 valence electrons. The van der Waals surface area contributed by atoms with Crippen LogP contribution in [0.5, 0.6) is 0 Å². The van der Waals surface area contributed by atoms with Gasteiger partial charge in [-0.2, -0.15) is 13.2 Å². The molecule has 0 aromatic heterocycles. The Morgan fingerprint density at radius 3 is 2.36 bits per heavy atom. The summed E-state index contributed by atoms with van der Waals surface area (Å²) in [7, 11) is -1.93. The van der Waals surface area contributed by atoms with Gasteiger partial charge < -0.3 is 4.90 Å². The van der Waals surface area contributed by atoms with Crippen molar-refractivity contribution in [2.45, 2.75) is 106 Å². The van der Waals surface area contributed by atoms with Crippen LogP contribution >= 0.6 is 11.6 Å². The third kappa shape index (κ3) is 5.35. The lowest BCUT2D eigenvalue weighted by Gasteiger charge is -2.57. The van der Waals surface area contributed by atoms with E-state index in [2.05, 4.69) is 20.7 Å². The minimum Gasteiger partial charge on any atom is -0.333 e. The van der Waals surface area contributed by atoms with Gasteiger partial charge in [-0.05, 0) is 75.7 Å². The van der Waals surface area contributed by atoms with Crippen LogP contribution in [0.2, 0.25) is 0 Å². The van der Waals surface area contributed by atoms with Crippen LogP contribution in [0, 0.1) is 17.3 Å². The molecule has 2 N–H and O–H groups in total. The summed E-state index contributed by atoms with van der Waals surface area (Å²) in [5.74, 6) is -2.14. The van der Waals surface area contributed by atoms with E-state index in [1.54, 1.807) is 0 Å². The molecular weight excluding hydrogens is 555 g/mol. The Bertz CT molecular complexity index is 1040. The lowest BCUT2D eigenvalue weighted by molar-refractivity contribution is -0.203. The second-order valence-electron chi connectivity index (χ2n) is 13.0. The highest BCUT2D eigenvalue weighted by Gasteiger charge is 2.62. The van der Waals surface area contributed by atoms with E-state index in [1.807, 2.05) is 0 Å². The van der Waals surface area contributed by atoms with Crippen molar-refractivity contribution < 1.29 is 26.4 Å². The van der Waals surface area contributed by atoms with Crippen molar-refractivity contribution in [2.24, 2.45) is 17.3 Å². The van der Waals surface area contributed by atoms with E-state index in [0.29, 0.717) is 43.2 Å². The fourth-order valence-corrected chi connectivity index (χ4v) is 10.3. The lowest BCUT2D eigenvalue weighted by atomic mass is 9.76. The van der Waals surface area contributed by atoms with Crippen LogP contribution in [0.15, 0.2) is 0 Å². The maximum absolute atomic E-state index is 14.4. The average Bonchev–Trinajstić information content (AvgIpc) is 3.53. The number of piperidine rings is 1. The average molecular weight is 596 g/mol. The zero-order valence-electron chi connectivity index (χ0n) is 22.5. The zero-order chi connectivity index (χ0) is 27.7. The molecule has 2 aliphatic carbocycles. The topological polar surface area (TPSA) is 85.0 Å². The van der Waals surface area contributed by atoms with Crippen molar-refractivity contribution >= 4 is 27.3 Å². The molecule has 13 heteroatoms. The number of hydrogen-bond donors (Lipinski definition) is 2. The van der Waals surface area contributed by atoms with Gasteiger partial charge in [-0.25, -0.2) is 18.9 Å². The number of alkyl halides is 4. The van der Waals surface area contributed by atoms with Crippen molar-refractivity contribution in [1.29, 1.82) is 0 Å². The largest absolute Gasteiger partial charge is 0.409 e. The Morgan fingerprint density at radius 1 is 1.08 bits per heavy atom. The molecule has 4 unspecified atom stereocenters. The minimum atomic E-state index is -4.53. The van der Waals surface area contributed by atoms with Crippen molar-refractivity contribution in [3.63, 3.8) is 0 Å². The summed E-state index contributed by atoms with van der Waals surface area (Å²) in [5, 5.41) is 6.02. The van der Waals surface area contributed by atoms with Gasteiger partial charge in [0, 0.05) is 44.1 Å². The van der Waals surface area contributed by atoms with Gasteiger partial charge >= 0.3 is 6.18 Å². The van der Waals surface area contributed by atoms with E-state index >= 15 is 0 Å². The summed E-state index contributed by atoms with van der Waals surface area (Å²) >= 11 is 6.46. The molecule has 4 aliphatic heterocycles. The van der Waals surface area contributed by atoms with Gasteiger partial charge in [-0.15, -0.1) is 11.6 Å². The molecular formula is C26H41ClF3N5O3S. The first-order chi connectivity index (χ1) is 18.4. The molecule has 6 rings (SSSR count). The van der Waals surface area contributed by atoms with E-state index in [4.69, 9.17) is 11.6 Å². The van der Waals surface area contributed by atoms with Gasteiger partial charge in [0.15, 0.2) is 0 Å². The van der Waals surface area contributed by atoms with Crippen molar-refractivity contribution in [3.8, 4) is 0 Å². The van der Waals surface area contributed by atoms with Gasteiger partial charge in [0.1, 0.15) is 15.9 Å². The lowest BCUT2D eigenvalue weighted by Crippen LogP contribution is -2.73. The second-order valence-corrected chi connectivity index (χ2v) is 15.8. The van der Waals surface area contributed by atoms with Crippen molar-refractivity contribution in [3.05, 3.63) is 0 Å². The Morgan fingerprint density at radius 2 is 1.74 bits per heavy atom. The summed E-state index contributed by atoms with van der Waals surface area (Å²) in [5.41, 5.74) is 3.73. The second kappa shape index (κ2) is 10.3. The number of halogens is 4. The molecule has 5 atom stereocenters. The van der Waals surface area contributed by atoms with Gasteiger partial charge in [0.05, 0.1) is 23.2 Å². The van der Waals surface area contributed by atoms with E-state index in [-0.39, 0.29) is 42.1 Å². The minimum absolute atomic E-state index is 0.0834. The molecule has 0 radical (unpaired) electrons. The number of nitrogens with zero attached hydrogens (tertiary/aromatic N) is 3. The van der Waals surface area contributed by atoms with Crippen LogP contribution in [-0.4, -0.2) is 103 Å². The molecule has 8 nitrogen and oxygen atoms in total. The van der Waals surface area contributed by atoms with Crippen LogP contribution in [0.4, 0.5) is 13.2 Å². The fourth-order valence-electron chi connectivity index (χ4n) is 8.56. The first-order valence-electron chi connectivity index (χ1n) is 14.6. The predicted octanol–water partition coefficient (Wildman–Crippen LogP) is 2.69. The van der Waals surface area contributed by atoms with Crippen molar-refractivity contribution in [1.82, 2.24) is 25.6 Å². The maximum atomic E-state index is 14.4. The van der Waals surface area contributed by atoms with E-state index in [1.165, 1.54) is 19.9 Å². The molecule has 0 aromatic carbocycles. The van der Waals surface area contributed by atoms with E-state index in [9.17, 15) is 26.4 Å². The Balaban J connectivity index is 1.12. The van der Waals surface area contributed by atoms with Gasteiger partial charge in [0.25, 0.3) is 0 Å². The van der Waals surface area contributed by atoms with Crippen LogP contribution < -0.4 is 10.7 Å². The Labute approximate surface area is 234 Å². The van der Waals surface area contributed by atoms with Gasteiger partial charge in [-0.3, -0.25) is 15.0 Å². The summed E-state index contributed by atoms with van der Waals surface area (Å²) in [6.07, 6.45) is 2.56. The fraction of sp³-hybridized carbons (Fsp3) is 0.962. The molecule has 6 fully saturated rings. The number of nitrogens with one attached hydrogen (secondary N) is 2. The van der Waals surface area contributed by atoms with Crippen LogP contribution in [0.25, 0.3) is 0 Å². The zero-order valence-corrected chi connectivity index (χ0v) is 24.1. The number of likely N-dealkylation sites (tertiary alicyclic amines) is 1. The molecule has 6 aliphatic rings. The third-order valence-electron chi connectivity index (χ3n) is 10.8. The monoisotopic (exact) mass is 595 g/mol. The maximum Gasteiger partial charge on any atom is 0.409 e. The number of hydrazine groups is 1. The number of carbonyl (C=O) groups excluding carboxylic acids is 1. The van der Waals surface area contributed by atoms with Crippen LogP contribution in [0.1, 0.15) is 64.2 Å². The quantitative estimate of drug-likeness (QED) is 0.382. The summed E-state index contributed by atoms with van der Waals surface area (Å²) < 4.78 is 66.7. The van der Waals surface area contributed by atoms with Crippen LogP contribution in [0.3, 0.4) is 0 Å². The molecule has 1 spiro atoms. The highest BCUT2D eigenvalue weighted by molar-refractivity contribution is 7.91. The number of hydrogen-bond acceptors (Lipinski definition) is 7. The number of fused-ring (bicyclic) bond motifs is 4. The molecule has 0 bridgehead atoms. The number of carbonyl (C=O) groups is 1. The van der Waals surface area contributed by atoms with Gasteiger partial charge in [-0.1, -0.05) is 0 Å². The van der Waals surface area contributed by atoms with E-state index < -0.39 is 39.8 Å². The molecule has 2 saturated carbocycles. The number of sulfone groups is 1. The molecule has 1 amide bonds. The van der Waals surface area contributed by atoms with Gasteiger partial charge in [0.2, 0.25) is 5.91 Å². The molecule has 39 heavy (non-hydrogen) atoms. The summed E-state index contributed by atoms with van der Waals surface area (Å²) in [6, 6.07) is -0.931. The molecule has 4 heterocycles. The molecule has 4 saturated heterocycles. The normalized spacial score (nSPS) is 39.6. The smallest absolute Gasteiger partial charge is 0.333 e. The standard InChI is InChI=1S/C26H41ClF3N5O3S/c1-33(24(36)17-6-12-39(37,38)13-7-17)22(26(28,29)30)16-2-4-18(5-3-16)34-11-10-25(8-9-25)23-19(34)15-31-21-14-20(27)32-35(21)23/h16-23,31-32H,2-15H2,1H3/t16?,18?,19?,20?,21?,22-,23?/m0/s1. The third-order valence-corrected chi connectivity index (χ3v) is 12.7. The predicted molar refractivity (Wildman–Crippen MR) is 141 cm³/mol. The molecule has 0 aromatic rings. The first kappa shape index (κ1) is 28.5. The highest BCUT2D eigenvalue weighted by atomic mass is 35.5. The first-order valence-corrected chi connectivity index (χ1v) is 16.9. The van der Waals surface area contributed by atoms with E-state index in [0.717, 1.165) is 30.8 Å². The highest BCUT2D eigenvalue weighted by Crippen LogP contribution is 2.58. The summed E-state index contributed by atoms with van der Waals surface area (Å²) in [6.45, 7) is 1.85. The Hall–Kier alpha value is -0.660.